The van der Waals surface area contributed by atoms with Gasteiger partial charge in [-0.25, -0.2) is 0 Å². The van der Waals surface area contributed by atoms with Crippen molar-refractivity contribution in [2.75, 3.05) is 29.9 Å². The van der Waals surface area contributed by atoms with Gasteiger partial charge in [-0.2, -0.15) is 0 Å². The van der Waals surface area contributed by atoms with Gasteiger partial charge in [-0.3, -0.25) is 0 Å². The van der Waals surface area contributed by atoms with Crippen molar-refractivity contribution >= 4 is 28.7 Å². The third-order valence-corrected chi connectivity index (χ3v) is 4.88. The Morgan fingerprint density at radius 1 is 1.19 bits per heavy atom. The molecule has 1 unspecified atom stereocenters. The summed E-state index contributed by atoms with van der Waals surface area (Å²) in [5.41, 5.74) is 3.81. The van der Waals surface area contributed by atoms with Gasteiger partial charge >= 0.3 is 0 Å². The average Bonchev–Trinajstić information content (AvgIpc) is 2.96. The highest BCUT2D eigenvalue weighted by Crippen LogP contribution is 2.31. The van der Waals surface area contributed by atoms with Crippen LogP contribution in [0.3, 0.4) is 0 Å². The van der Waals surface area contributed by atoms with Crippen LogP contribution in [-0.2, 0) is 6.42 Å². The van der Waals surface area contributed by atoms with Crippen LogP contribution >= 0.6 is 12.2 Å². The Bertz CT molecular complexity index is 732. The number of hydrogen-bond donors (Lipinski definition) is 2. The zero-order valence-electron chi connectivity index (χ0n) is 15.5. The summed E-state index contributed by atoms with van der Waals surface area (Å²) in [4.78, 5) is 2.50. The number of rotatable bonds is 7. The van der Waals surface area contributed by atoms with E-state index in [0.717, 1.165) is 37.4 Å². The van der Waals surface area contributed by atoms with Gasteiger partial charge in [0.05, 0.1) is 6.61 Å². The third-order valence-electron chi connectivity index (χ3n) is 4.63. The maximum atomic E-state index is 5.45. The van der Waals surface area contributed by atoms with Crippen LogP contribution in [0.2, 0.25) is 0 Å². The molecule has 1 atom stereocenters. The number of nitrogens with zero attached hydrogens (tertiary/aromatic N) is 1. The van der Waals surface area contributed by atoms with Crippen molar-refractivity contribution in [2.45, 2.75) is 32.7 Å². The molecular weight excluding hydrogens is 342 g/mol. The van der Waals surface area contributed by atoms with Gasteiger partial charge in [0.1, 0.15) is 5.75 Å². The molecule has 0 spiro atoms. The summed E-state index contributed by atoms with van der Waals surface area (Å²) in [6, 6.07) is 17.1. The fourth-order valence-electron chi connectivity index (χ4n) is 3.40. The Morgan fingerprint density at radius 2 is 1.96 bits per heavy atom. The van der Waals surface area contributed by atoms with E-state index in [1.807, 2.05) is 31.2 Å². The van der Waals surface area contributed by atoms with Gasteiger partial charge in [-0.1, -0.05) is 18.2 Å². The molecule has 26 heavy (non-hydrogen) atoms. The lowest BCUT2D eigenvalue weighted by atomic mass is 10.1. The second-order valence-corrected chi connectivity index (χ2v) is 6.98. The second kappa shape index (κ2) is 8.90. The first-order chi connectivity index (χ1) is 12.7. The van der Waals surface area contributed by atoms with Crippen LogP contribution in [0.5, 0.6) is 5.75 Å². The quantitative estimate of drug-likeness (QED) is 0.565. The van der Waals surface area contributed by atoms with E-state index in [1.165, 1.54) is 11.3 Å². The van der Waals surface area contributed by atoms with Crippen molar-refractivity contribution in [3.8, 4) is 5.75 Å². The van der Waals surface area contributed by atoms with Crippen molar-refractivity contribution in [1.82, 2.24) is 5.32 Å². The minimum Gasteiger partial charge on any atom is -0.494 e. The SMILES string of the molecule is CCOc1ccc(NC(=S)NCCCN2c3ccccc3CC2C)cc1. The highest BCUT2D eigenvalue weighted by molar-refractivity contribution is 7.80. The summed E-state index contributed by atoms with van der Waals surface area (Å²) in [6.45, 7) is 6.84. The van der Waals surface area contributed by atoms with Gasteiger partial charge in [0.2, 0.25) is 0 Å². The molecule has 0 amide bonds. The lowest BCUT2D eigenvalue weighted by molar-refractivity contribution is 0.340. The van der Waals surface area contributed by atoms with Crippen molar-refractivity contribution in [2.24, 2.45) is 0 Å². The molecule has 2 N–H and O–H groups in total. The first-order valence-electron chi connectivity index (χ1n) is 9.29. The second-order valence-electron chi connectivity index (χ2n) is 6.57. The Hall–Kier alpha value is -2.27. The van der Waals surface area contributed by atoms with Crippen molar-refractivity contribution < 1.29 is 4.74 Å². The summed E-state index contributed by atoms with van der Waals surface area (Å²) in [7, 11) is 0. The van der Waals surface area contributed by atoms with E-state index in [-0.39, 0.29) is 0 Å². The molecule has 2 aromatic rings. The molecule has 138 valence electrons. The van der Waals surface area contributed by atoms with Crippen LogP contribution in [-0.4, -0.2) is 30.9 Å². The van der Waals surface area contributed by atoms with E-state index in [4.69, 9.17) is 17.0 Å². The summed E-state index contributed by atoms with van der Waals surface area (Å²) in [5, 5.41) is 7.17. The summed E-state index contributed by atoms with van der Waals surface area (Å²) in [5.74, 6) is 0.872. The zero-order chi connectivity index (χ0) is 18.4. The number of para-hydroxylation sites is 1. The lowest BCUT2D eigenvalue weighted by Gasteiger charge is -2.25. The predicted molar refractivity (Wildman–Crippen MR) is 113 cm³/mol. The summed E-state index contributed by atoms with van der Waals surface area (Å²) >= 11 is 5.39. The third kappa shape index (κ3) is 4.67. The van der Waals surface area contributed by atoms with Crippen LogP contribution < -0.4 is 20.3 Å². The zero-order valence-corrected chi connectivity index (χ0v) is 16.3. The molecule has 3 rings (SSSR count). The standard InChI is InChI=1S/C21H27N3OS/c1-3-25-19-11-9-18(10-12-19)23-21(26)22-13-6-14-24-16(2)15-17-7-4-5-8-20(17)24/h4-5,7-12,16H,3,6,13-15H2,1-2H3,(H2,22,23,26). The number of nitrogens with one attached hydrogen (secondary N) is 2. The van der Waals surface area contributed by atoms with E-state index in [1.54, 1.807) is 0 Å². The minimum absolute atomic E-state index is 0.571. The van der Waals surface area contributed by atoms with Gasteiger partial charge in [-0.15, -0.1) is 0 Å². The normalized spacial score (nSPS) is 15.5. The Morgan fingerprint density at radius 3 is 2.73 bits per heavy atom. The molecule has 0 aromatic heterocycles. The van der Waals surface area contributed by atoms with Gasteiger partial charge in [0.25, 0.3) is 0 Å². The van der Waals surface area contributed by atoms with Crippen LogP contribution in [0.25, 0.3) is 0 Å². The monoisotopic (exact) mass is 369 g/mol. The number of fused-ring (bicyclic) bond motifs is 1. The molecule has 0 aliphatic carbocycles. The van der Waals surface area contributed by atoms with Gasteiger partial charge in [0, 0.05) is 30.5 Å². The highest BCUT2D eigenvalue weighted by Gasteiger charge is 2.24. The molecular formula is C21H27N3OS. The van der Waals surface area contributed by atoms with E-state index in [9.17, 15) is 0 Å². The molecule has 0 fully saturated rings. The maximum Gasteiger partial charge on any atom is 0.170 e. The van der Waals surface area contributed by atoms with E-state index in [0.29, 0.717) is 17.8 Å². The van der Waals surface area contributed by atoms with Crippen molar-refractivity contribution in [1.29, 1.82) is 0 Å². The largest absolute Gasteiger partial charge is 0.494 e. The molecule has 1 heterocycles. The number of thiocarbonyl (C=S) groups is 1. The molecule has 2 aromatic carbocycles. The predicted octanol–water partition coefficient (Wildman–Crippen LogP) is 4.21. The molecule has 1 aliphatic rings. The Labute approximate surface area is 161 Å². The molecule has 0 bridgehead atoms. The first-order valence-corrected chi connectivity index (χ1v) is 9.70. The van der Waals surface area contributed by atoms with Gasteiger partial charge < -0.3 is 20.3 Å². The molecule has 0 radical (unpaired) electrons. The smallest absolute Gasteiger partial charge is 0.170 e. The van der Waals surface area contributed by atoms with E-state index in [2.05, 4.69) is 46.7 Å². The fourth-order valence-corrected chi connectivity index (χ4v) is 3.62. The molecule has 0 saturated heterocycles. The Kier molecular flexibility index (Phi) is 6.34. The Balaban J connectivity index is 1.40. The number of benzene rings is 2. The maximum absolute atomic E-state index is 5.45. The molecule has 0 saturated carbocycles. The summed E-state index contributed by atoms with van der Waals surface area (Å²) < 4.78 is 5.45. The molecule has 1 aliphatic heterocycles. The number of anilines is 2. The number of ether oxygens (including phenoxy) is 1. The van der Waals surface area contributed by atoms with E-state index < -0.39 is 0 Å². The van der Waals surface area contributed by atoms with Crippen molar-refractivity contribution in [3.63, 3.8) is 0 Å². The summed E-state index contributed by atoms with van der Waals surface area (Å²) in [6.07, 6.45) is 2.19. The average molecular weight is 370 g/mol. The van der Waals surface area contributed by atoms with Crippen LogP contribution in [0.4, 0.5) is 11.4 Å². The minimum atomic E-state index is 0.571. The topological polar surface area (TPSA) is 36.5 Å². The fraction of sp³-hybridized carbons (Fsp3) is 0.381. The van der Waals surface area contributed by atoms with Crippen LogP contribution in [0.1, 0.15) is 25.8 Å². The van der Waals surface area contributed by atoms with Crippen molar-refractivity contribution in [3.05, 3.63) is 54.1 Å². The lowest BCUT2D eigenvalue weighted by Crippen LogP contribution is -2.34. The van der Waals surface area contributed by atoms with E-state index >= 15 is 0 Å². The van der Waals surface area contributed by atoms with Gasteiger partial charge in [-0.05, 0) is 74.8 Å². The first kappa shape index (κ1) is 18.5. The molecule has 4 nitrogen and oxygen atoms in total. The molecule has 5 heteroatoms. The number of hydrogen-bond acceptors (Lipinski definition) is 3. The highest BCUT2D eigenvalue weighted by atomic mass is 32.1. The van der Waals surface area contributed by atoms with Crippen LogP contribution in [0.15, 0.2) is 48.5 Å². The van der Waals surface area contributed by atoms with Gasteiger partial charge in [0.15, 0.2) is 5.11 Å². The van der Waals surface area contributed by atoms with Crippen LogP contribution in [0, 0.1) is 0 Å².